The number of hydrogen-bond acceptors (Lipinski definition) is 5. The van der Waals surface area contributed by atoms with Crippen LogP contribution in [0, 0.1) is 0 Å². The summed E-state index contributed by atoms with van der Waals surface area (Å²) in [6.07, 6.45) is 0.780. The van der Waals surface area contributed by atoms with Crippen LogP contribution in [0.15, 0.2) is 24.3 Å². The van der Waals surface area contributed by atoms with E-state index in [0.29, 0.717) is 11.8 Å². The van der Waals surface area contributed by atoms with Crippen molar-refractivity contribution in [3.8, 4) is 5.75 Å². The van der Waals surface area contributed by atoms with Gasteiger partial charge in [-0.3, -0.25) is 4.79 Å². The fourth-order valence-corrected chi connectivity index (χ4v) is 3.45. The van der Waals surface area contributed by atoms with Gasteiger partial charge in [-0.2, -0.15) is 0 Å². The Labute approximate surface area is 114 Å². The maximum Gasteiger partial charge on any atom is 0.500 e. The molecule has 106 valence electrons. The zero-order valence-corrected chi connectivity index (χ0v) is 12.8. The molecule has 0 amide bonds. The quantitative estimate of drug-likeness (QED) is 0.436. The Morgan fingerprint density at radius 3 is 2.00 bits per heavy atom. The highest BCUT2D eigenvalue weighted by Crippen LogP contribution is 2.19. The maximum atomic E-state index is 10.8. The van der Waals surface area contributed by atoms with Crippen molar-refractivity contribution in [2.24, 2.45) is 0 Å². The van der Waals surface area contributed by atoms with Gasteiger partial charge in [0.05, 0.1) is 0 Å². The zero-order valence-electron chi connectivity index (χ0n) is 11.8. The second-order valence-electron chi connectivity index (χ2n) is 4.03. The number of rotatable bonds is 7. The second kappa shape index (κ2) is 7.39. The van der Waals surface area contributed by atoms with Crippen LogP contribution in [-0.4, -0.2) is 36.1 Å². The number of esters is 1. The van der Waals surface area contributed by atoms with E-state index in [0.717, 1.165) is 12.0 Å². The van der Waals surface area contributed by atoms with Crippen LogP contribution in [0.5, 0.6) is 5.75 Å². The normalized spacial score (nSPS) is 11.4. The molecular weight excluding hydrogens is 264 g/mol. The predicted molar refractivity (Wildman–Crippen MR) is 73.0 cm³/mol. The second-order valence-corrected chi connectivity index (χ2v) is 7.12. The summed E-state index contributed by atoms with van der Waals surface area (Å²) in [5.74, 6) is 0.224. The number of ether oxygens (including phenoxy) is 1. The van der Waals surface area contributed by atoms with Gasteiger partial charge in [-0.05, 0) is 24.1 Å². The first-order valence-corrected chi connectivity index (χ1v) is 7.91. The molecule has 1 aromatic carbocycles. The van der Waals surface area contributed by atoms with Crippen LogP contribution >= 0.6 is 0 Å². The molecule has 5 nitrogen and oxygen atoms in total. The van der Waals surface area contributed by atoms with E-state index in [1.807, 2.05) is 12.1 Å². The molecule has 1 rings (SSSR count). The Morgan fingerprint density at radius 1 is 1.05 bits per heavy atom. The van der Waals surface area contributed by atoms with Gasteiger partial charge in [0.2, 0.25) is 0 Å². The lowest BCUT2D eigenvalue weighted by Crippen LogP contribution is -2.43. The average molecular weight is 284 g/mol. The van der Waals surface area contributed by atoms with Crippen molar-refractivity contribution in [2.75, 3.05) is 21.3 Å². The summed E-state index contributed by atoms with van der Waals surface area (Å²) in [5.41, 5.74) is 1.11. The molecular formula is C13H20O5Si. The topological polar surface area (TPSA) is 54.0 Å². The third-order valence-corrected chi connectivity index (χ3v) is 5.57. The van der Waals surface area contributed by atoms with Gasteiger partial charge in [0.15, 0.2) is 0 Å². The van der Waals surface area contributed by atoms with Crippen molar-refractivity contribution in [3.05, 3.63) is 29.8 Å². The molecule has 0 fully saturated rings. The fourth-order valence-electron chi connectivity index (χ4n) is 1.74. The van der Waals surface area contributed by atoms with E-state index in [9.17, 15) is 4.79 Å². The van der Waals surface area contributed by atoms with Gasteiger partial charge in [0.1, 0.15) is 5.75 Å². The zero-order chi connectivity index (χ0) is 14.3. The third-order valence-electron chi connectivity index (χ3n) is 2.84. The molecule has 0 unspecified atom stereocenters. The maximum absolute atomic E-state index is 10.8. The molecule has 0 N–H and O–H groups in total. The molecule has 0 radical (unpaired) electrons. The largest absolute Gasteiger partial charge is 0.500 e. The van der Waals surface area contributed by atoms with Gasteiger partial charge >= 0.3 is 14.8 Å². The summed E-state index contributed by atoms with van der Waals surface area (Å²) in [6.45, 7) is 1.38. The first-order valence-electron chi connectivity index (χ1n) is 5.98. The average Bonchev–Trinajstić information content (AvgIpc) is 2.42. The van der Waals surface area contributed by atoms with Gasteiger partial charge in [0.25, 0.3) is 0 Å². The molecule has 0 heterocycles. The fraction of sp³-hybridized carbons (Fsp3) is 0.462. The summed E-state index contributed by atoms with van der Waals surface area (Å²) >= 11 is 0. The predicted octanol–water partition coefficient (Wildman–Crippen LogP) is 2.03. The van der Waals surface area contributed by atoms with Gasteiger partial charge in [-0.25, -0.2) is 0 Å². The highest BCUT2D eigenvalue weighted by atomic mass is 28.4. The van der Waals surface area contributed by atoms with Crippen molar-refractivity contribution in [3.63, 3.8) is 0 Å². The van der Waals surface area contributed by atoms with Crippen LogP contribution in [0.4, 0.5) is 0 Å². The molecule has 6 heteroatoms. The van der Waals surface area contributed by atoms with E-state index in [-0.39, 0.29) is 5.97 Å². The molecule has 0 aliphatic carbocycles. The van der Waals surface area contributed by atoms with Crippen molar-refractivity contribution in [1.29, 1.82) is 0 Å². The Kier molecular flexibility index (Phi) is 6.17. The first-order chi connectivity index (χ1) is 9.05. The number of carbonyl (C=O) groups is 1. The molecule has 0 aliphatic heterocycles. The van der Waals surface area contributed by atoms with Crippen LogP contribution < -0.4 is 4.74 Å². The molecule has 0 spiro atoms. The Morgan fingerprint density at radius 2 is 1.58 bits per heavy atom. The molecule has 1 aromatic rings. The van der Waals surface area contributed by atoms with Crippen LogP contribution in [0.1, 0.15) is 12.5 Å². The van der Waals surface area contributed by atoms with E-state index in [1.165, 1.54) is 6.92 Å². The molecule has 19 heavy (non-hydrogen) atoms. The summed E-state index contributed by atoms with van der Waals surface area (Å²) in [7, 11) is 2.28. The number of hydrogen-bond donors (Lipinski definition) is 0. The van der Waals surface area contributed by atoms with E-state index in [1.54, 1.807) is 33.5 Å². The smallest absolute Gasteiger partial charge is 0.427 e. The molecule has 0 saturated carbocycles. The van der Waals surface area contributed by atoms with Gasteiger partial charge in [0, 0.05) is 34.3 Å². The lowest BCUT2D eigenvalue weighted by Gasteiger charge is -2.24. The molecule has 0 atom stereocenters. The van der Waals surface area contributed by atoms with E-state index >= 15 is 0 Å². The molecule has 0 saturated heterocycles. The van der Waals surface area contributed by atoms with Crippen LogP contribution in [0.2, 0.25) is 6.04 Å². The van der Waals surface area contributed by atoms with Gasteiger partial charge < -0.3 is 18.0 Å². The standard InChI is InChI=1S/C13H20O5Si/c1-11(14)18-13-7-5-12(6-8-13)9-10-19(15-2,16-3)17-4/h5-8H,9-10H2,1-4H3. The SMILES string of the molecule is CO[Si](CCc1ccc(OC(C)=O)cc1)(OC)OC. The summed E-state index contributed by atoms with van der Waals surface area (Å²) in [5, 5.41) is 0. The van der Waals surface area contributed by atoms with Crippen LogP contribution in [0.3, 0.4) is 0 Å². The summed E-state index contributed by atoms with van der Waals surface area (Å²) in [4.78, 5) is 10.8. The number of aryl methyl sites for hydroxylation is 1. The highest BCUT2D eigenvalue weighted by Gasteiger charge is 2.37. The molecule has 0 bridgehead atoms. The number of benzene rings is 1. The molecule has 0 aliphatic rings. The minimum absolute atomic E-state index is 0.322. The van der Waals surface area contributed by atoms with Crippen LogP contribution in [-0.2, 0) is 24.5 Å². The van der Waals surface area contributed by atoms with E-state index < -0.39 is 8.80 Å². The first kappa shape index (κ1) is 15.8. The molecule has 0 aromatic heterocycles. The van der Waals surface area contributed by atoms with Crippen molar-refractivity contribution >= 4 is 14.8 Å². The van der Waals surface area contributed by atoms with E-state index in [2.05, 4.69) is 0 Å². The lowest BCUT2D eigenvalue weighted by atomic mass is 10.2. The lowest BCUT2D eigenvalue weighted by molar-refractivity contribution is -0.131. The Bertz CT molecular complexity index is 392. The summed E-state index contributed by atoms with van der Waals surface area (Å²) in [6, 6.07) is 8.07. The van der Waals surface area contributed by atoms with Crippen molar-refractivity contribution in [1.82, 2.24) is 0 Å². The van der Waals surface area contributed by atoms with E-state index in [4.69, 9.17) is 18.0 Å². The Hall–Kier alpha value is -1.21. The minimum atomic E-state index is -2.53. The third kappa shape index (κ3) is 4.75. The van der Waals surface area contributed by atoms with Gasteiger partial charge in [-0.15, -0.1) is 0 Å². The van der Waals surface area contributed by atoms with Crippen molar-refractivity contribution in [2.45, 2.75) is 19.4 Å². The highest BCUT2D eigenvalue weighted by molar-refractivity contribution is 6.60. The van der Waals surface area contributed by atoms with Gasteiger partial charge in [-0.1, -0.05) is 12.1 Å². The number of carbonyl (C=O) groups excluding carboxylic acids is 1. The van der Waals surface area contributed by atoms with Crippen LogP contribution in [0.25, 0.3) is 0 Å². The Balaban J connectivity index is 2.60. The summed E-state index contributed by atoms with van der Waals surface area (Å²) < 4.78 is 21.1. The minimum Gasteiger partial charge on any atom is -0.427 e. The van der Waals surface area contributed by atoms with Crippen molar-refractivity contribution < 1.29 is 22.8 Å². The monoisotopic (exact) mass is 284 g/mol.